The molecule has 0 radical (unpaired) electrons. The van der Waals surface area contributed by atoms with Crippen molar-refractivity contribution in [3.8, 4) is 9.88 Å². The molecule has 0 aliphatic heterocycles. The predicted molar refractivity (Wildman–Crippen MR) is 102 cm³/mol. The molecule has 1 amide bonds. The molecule has 8 heteroatoms. The standard InChI is InChI=1S/C15H20ClN3OS2.ClH/c1-9-12(14(20)19(4)8-15(2,3)7-17)22-13(18-9)10-5-6-11(16)21-10;/h5-6H,7-8,17H2,1-4H3;1H. The topological polar surface area (TPSA) is 59.2 Å². The Morgan fingerprint density at radius 2 is 2.04 bits per heavy atom. The summed E-state index contributed by atoms with van der Waals surface area (Å²) in [5.74, 6) is -0.00886. The second-order valence-electron chi connectivity index (χ2n) is 6.07. The molecule has 2 rings (SSSR count). The van der Waals surface area contributed by atoms with Crippen LogP contribution in [0.2, 0.25) is 4.34 Å². The lowest BCUT2D eigenvalue weighted by molar-refractivity contribution is 0.0744. The third-order valence-electron chi connectivity index (χ3n) is 3.34. The Morgan fingerprint density at radius 3 is 2.57 bits per heavy atom. The number of rotatable bonds is 5. The van der Waals surface area contributed by atoms with Crippen LogP contribution in [0.5, 0.6) is 0 Å². The van der Waals surface area contributed by atoms with E-state index in [4.69, 9.17) is 17.3 Å². The number of amides is 1. The minimum atomic E-state index is -0.104. The maximum Gasteiger partial charge on any atom is 0.265 e. The van der Waals surface area contributed by atoms with Crippen molar-refractivity contribution in [2.45, 2.75) is 20.8 Å². The van der Waals surface area contributed by atoms with E-state index in [1.54, 1.807) is 11.9 Å². The maximum atomic E-state index is 12.6. The molecule has 0 atom stereocenters. The fourth-order valence-corrected chi connectivity index (χ4v) is 4.24. The van der Waals surface area contributed by atoms with Gasteiger partial charge in [-0.25, -0.2) is 4.98 Å². The van der Waals surface area contributed by atoms with Crippen LogP contribution in [0.25, 0.3) is 9.88 Å². The highest BCUT2D eigenvalue weighted by atomic mass is 35.5. The zero-order valence-corrected chi connectivity index (χ0v) is 16.8. The van der Waals surface area contributed by atoms with E-state index in [0.29, 0.717) is 18.0 Å². The van der Waals surface area contributed by atoms with E-state index < -0.39 is 0 Å². The summed E-state index contributed by atoms with van der Waals surface area (Å²) in [5.41, 5.74) is 6.40. The number of carbonyl (C=O) groups excluding carboxylic acids is 1. The fraction of sp³-hybridized carbons (Fsp3) is 0.467. The molecule has 0 aromatic carbocycles. The van der Waals surface area contributed by atoms with Crippen LogP contribution < -0.4 is 5.73 Å². The quantitative estimate of drug-likeness (QED) is 0.822. The van der Waals surface area contributed by atoms with Gasteiger partial charge in [0.1, 0.15) is 9.88 Å². The SMILES string of the molecule is Cc1nc(-c2ccc(Cl)s2)sc1C(=O)N(C)CC(C)(C)CN.Cl. The minimum absolute atomic E-state index is 0. The van der Waals surface area contributed by atoms with Crippen molar-refractivity contribution in [2.24, 2.45) is 11.1 Å². The van der Waals surface area contributed by atoms with Crippen LogP contribution in [0.3, 0.4) is 0 Å². The zero-order chi connectivity index (χ0) is 16.5. The molecule has 0 spiro atoms. The molecular weight excluding hydrogens is 373 g/mol. The van der Waals surface area contributed by atoms with Crippen molar-refractivity contribution >= 4 is 52.6 Å². The van der Waals surface area contributed by atoms with E-state index >= 15 is 0 Å². The van der Waals surface area contributed by atoms with E-state index in [-0.39, 0.29) is 23.7 Å². The summed E-state index contributed by atoms with van der Waals surface area (Å²) in [4.78, 5) is 20.5. The summed E-state index contributed by atoms with van der Waals surface area (Å²) in [7, 11) is 1.81. The van der Waals surface area contributed by atoms with Crippen LogP contribution in [0.15, 0.2) is 12.1 Å². The van der Waals surface area contributed by atoms with Gasteiger partial charge in [-0.3, -0.25) is 4.79 Å². The van der Waals surface area contributed by atoms with Gasteiger partial charge in [0.05, 0.1) is 14.9 Å². The van der Waals surface area contributed by atoms with E-state index in [0.717, 1.165) is 19.9 Å². The highest BCUT2D eigenvalue weighted by Crippen LogP contribution is 2.35. The normalized spacial score (nSPS) is 11.2. The molecular formula is C15H21Cl2N3OS2. The van der Waals surface area contributed by atoms with E-state index in [9.17, 15) is 4.79 Å². The van der Waals surface area contributed by atoms with Gasteiger partial charge in [0, 0.05) is 13.6 Å². The highest BCUT2D eigenvalue weighted by Gasteiger charge is 2.25. The summed E-state index contributed by atoms with van der Waals surface area (Å²) in [6.45, 7) is 7.11. The Labute approximate surface area is 156 Å². The monoisotopic (exact) mass is 393 g/mol. The fourth-order valence-electron chi connectivity index (χ4n) is 2.08. The highest BCUT2D eigenvalue weighted by molar-refractivity contribution is 7.24. The number of hydrogen-bond donors (Lipinski definition) is 1. The van der Waals surface area contributed by atoms with Gasteiger partial charge < -0.3 is 10.6 Å². The number of thiophene rings is 1. The molecule has 2 heterocycles. The number of hydrogen-bond acceptors (Lipinski definition) is 5. The van der Waals surface area contributed by atoms with E-state index in [1.165, 1.54) is 22.7 Å². The summed E-state index contributed by atoms with van der Waals surface area (Å²) >= 11 is 8.85. The molecule has 0 saturated carbocycles. The van der Waals surface area contributed by atoms with Gasteiger partial charge in [0.15, 0.2) is 0 Å². The van der Waals surface area contributed by atoms with Crippen LogP contribution in [0.4, 0.5) is 0 Å². The number of carbonyl (C=O) groups is 1. The van der Waals surface area contributed by atoms with Gasteiger partial charge in [-0.15, -0.1) is 35.1 Å². The molecule has 2 N–H and O–H groups in total. The molecule has 23 heavy (non-hydrogen) atoms. The van der Waals surface area contributed by atoms with Crippen molar-refractivity contribution in [1.29, 1.82) is 0 Å². The molecule has 128 valence electrons. The van der Waals surface area contributed by atoms with Crippen molar-refractivity contribution in [2.75, 3.05) is 20.1 Å². The number of halogens is 2. The molecule has 0 fully saturated rings. The van der Waals surface area contributed by atoms with Gasteiger partial charge in [-0.05, 0) is 31.0 Å². The average molecular weight is 394 g/mol. The summed E-state index contributed by atoms with van der Waals surface area (Å²) in [6.07, 6.45) is 0. The van der Waals surface area contributed by atoms with Crippen LogP contribution >= 0.6 is 46.7 Å². The van der Waals surface area contributed by atoms with Crippen LogP contribution in [0.1, 0.15) is 29.2 Å². The van der Waals surface area contributed by atoms with Gasteiger partial charge in [-0.2, -0.15) is 0 Å². The molecule has 0 bridgehead atoms. The average Bonchev–Trinajstić information content (AvgIpc) is 3.03. The maximum absolute atomic E-state index is 12.6. The Bertz CT molecular complexity index is 682. The van der Waals surface area contributed by atoms with E-state index in [2.05, 4.69) is 18.8 Å². The predicted octanol–water partition coefficient (Wildman–Crippen LogP) is 4.31. The third-order valence-corrected chi connectivity index (χ3v) is 5.89. The van der Waals surface area contributed by atoms with Gasteiger partial charge >= 0.3 is 0 Å². The second kappa shape index (κ2) is 7.94. The van der Waals surface area contributed by atoms with Gasteiger partial charge in [0.25, 0.3) is 5.91 Å². The molecule has 2 aromatic heterocycles. The van der Waals surface area contributed by atoms with Crippen LogP contribution in [-0.4, -0.2) is 35.9 Å². The Kier molecular flexibility index (Phi) is 7.04. The van der Waals surface area contributed by atoms with Gasteiger partial charge in [-0.1, -0.05) is 25.4 Å². The number of nitrogens with two attached hydrogens (primary N) is 1. The first-order chi connectivity index (χ1) is 10.2. The summed E-state index contributed by atoms with van der Waals surface area (Å²) in [6, 6.07) is 3.77. The molecule has 0 unspecified atom stereocenters. The smallest absolute Gasteiger partial charge is 0.265 e. The Morgan fingerprint density at radius 1 is 1.39 bits per heavy atom. The molecule has 0 saturated heterocycles. The van der Waals surface area contributed by atoms with Crippen LogP contribution in [-0.2, 0) is 0 Å². The largest absolute Gasteiger partial charge is 0.340 e. The van der Waals surface area contributed by atoms with Crippen molar-refractivity contribution in [3.63, 3.8) is 0 Å². The summed E-state index contributed by atoms with van der Waals surface area (Å²) < 4.78 is 0.720. The van der Waals surface area contributed by atoms with Crippen molar-refractivity contribution in [1.82, 2.24) is 9.88 Å². The van der Waals surface area contributed by atoms with Crippen molar-refractivity contribution in [3.05, 3.63) is 27.0 Å². The lowest BCUT2D eigenvalue weighted by atomic mass is 9.93. The number of aromatic nitrogens is 1. The molecule has 4 nitrogen and oxygen atoms in total. The Balaban J connectivity index is 0.00000264. The molecule has 0 aliphatic rings. The number of nitrogens with zero attached hydrogens (tertiary/aromatic N) is 2. The zero-order valence-electron chi connectivity index (χ0n) is 13.6. The van der Waals surface area contributed by atoms with E-state index in [1.807, 2.05) is 19.1 Å². The second-order valence-corrected chi connectivity index (χ2v) is 8.78. The molecule has 0 aliphatic carbocycles. The lowest BCUT2D eigenvalue weighted by Gasteiger charge is -2.28. The van der Waals surface area contributed by atoms with Gasteiger partial charge in [0.2, 0.25) is 0 Å². The first-order valence-corrected chi connectivity index (χ1v) is 8.93. The van der Waals surface area contributed by atoms with Crippen molar-refractivity contribution < 1.29 is 4.79 Å². The number of thiazole rings is 1. The molecule has 2 aromatic rings. The third kappa shape index (κ3) is 4.90. The summed E-state index contributed by atoms with van der Waals surface area (Å²) in [5, 5.41) is 0.837. The number of aryl methyl sites for hydroxylation is 1. The first kappa shape index (κ1) is 20.4. The Hall–Kier alpha value is -0.660. The lowest BCUT2D eigenvalue weighted by Crippen LogP contribution is -2.39. The first-order valence-electron chi connectivity index (χ1n) is 6.92. The van der Waals surface area contributed by atoms with Crippen LogP contribution in [0, 0.1) is 12.3 Å². The minimum Gasteiger partial charge on any atom is -0.340 e.